The molecule has 0 aliphatic rings. The van der Waals surface area contributed by atoms with E-state index in [1.54, 1.807) is 0 Å². The number of allylic oxidation sites excluding steroid dienone is 8. The van der Waals surface area contributed by atoms with Crippen LogP contribution in [0.3, 0.4) is 0 Å². The molecule has 9 heteroatoms. The van der Waals surface area contributed by atoms with Gasteiger partial charge in [0.1, 0.15) is 13.2 Å². The van der Waals surface area contributed by atoms with Gasteiger partial charge >= 0.3 is 0 Å². The van der Waals surface area contributed by atoms with Crippen LogP contribution in [0, 0.1) is 0 Å². The number of phosphoric ester groups is 1. The molecule has 0 bridgehead atoms. The lowest BCUT2D eigenvalue weighted by atomic mass is 10.0. The Labute approximate surface area is 473 Å². The first-order valence-corrected chi connectivity index (χ1v) is 34.4. The molecule has 0 heterocycles. The van der Waals surface area contributed by atoms with Crippen LogP contribution in [0.4, 0.5) is 0 Å². The summed E-state index contributed by atoms with van der Waals surface area (Å²) < 4.78 is 23.5. The van der Waals surface area contributed by atoms with Crippen LogP contribution in [0.15, 0.2) is 48.6 Å². The van der Waals surface area contributed by atoms with Gasteiger partial charge in [-0.15, -0.1) is 0 Å². The number of hydrogen-bond donors (Lipinski definition) is 2. The van der Waals surface area contributed by atoms with Crippen molar-refractivity contribution in [2.75, 3.05) is 40.9 Å². The molecule has 76 heavy (non-hydrogen) atoms. The molecule has 0 radical (unpaired) electrons. The van der Waals surface area contributed by atoms with Crippen molar-refractivity contribution < 1.29 is 32.9 Å². The van der Waals surface area contributed by atoms with Gasteiger partial charge in [-0.3, -0.25) is 9.36 Å². The highest BCUT2D eigenvalue weighted by Gasteiger charge is 2.24. The maximum Gasteiger partial charge on any atom is 0.268 e. The van der Waals surface area contributed by atoms with E-state index in [0.29, 0.717) is 23.9 Å². The molecule has 0 aliphatic heterocycles. The van der Waals surface area contributed by atoms with E-state index in [-0.39, 0.29) is 19.1 Å². The number of hydrogen-bond acceptors (Lipinski definition) is 6. The highest BCUT2D eigenvalue weighted by atomic mass is 31.2. The molecule has 0 aromatic heterocycles. The molecule has 0 spiro atoms. The number of unbranched alkanes of at least 4 members (excludes halogenated alkanes) is 40. The highest BCUT2D eigenvalue weighted by molar-refractivity contribution is 7.45. The van der Waals surface area contributed by atoms with E-state index in [9.17, 15) is 19.4 Å². The number of nitrogens with one attached hydrogen (secondary N) is 1. The topological polar surface area (TPSA) is 108 Å². The summed E-state index contributed by atoms with van der Waals surface area (Å²) in [6.07, 6.45) is 77.5. The lowest BCUT2D eigenvalue weighted by molar-refractivity contribution is -0.870. The van der Waals surface area contributed by atoms with Crippen molar-refractivity contribution in [2.24, 2.45) is 0 Å². The molecule has 3 unspecified atom stereocenters. The van der Waals surface area contributed by atoms with E-state index >= 15 is 0 Å². The van der Waals surface area contributed by atoms with Gasteiger partial charge in [0.25, 0.3) is 7.82 Å². The second-order valence-electron chi connectivity index (χ2n) is 23.8. The average Bonchev–Trinajstić information content (AvgIpc) is 3.38. The summed E-state index contributed by atoms with van der Waals surface area (Å²) in [4.78, 5) is 25.6. The first-order valence-electron chi connectivity index (χ1n) is 33.0. The number of aliphatic hydroxyl groups excluding tert-OH is 1. The Bertz CT molecular complexity index is 1380. The molecule has 2 N–H and O–H groups in total. The fourth-order valence-electron chi connectivity index (χ4n) is 9.98. The van der Waals surface area contributed by atoms with Gasteiger partial charge in [-0.1, -0.05) is 313 Å². The molecule has 0 aromatic rings. The van der Waals surface area contributed by atoms with Crippen molar-refractivity contribution in [3.8, 4) is 0 Å². The second kappa shape index (κ2) is 58.1. The predicted molar refractivity (Wildman–Crippen MR) is 330 cm³/mol. The summed E-state index contributed by atoms with van der Waals surface area (Å²) in [7, 11) is 1.31. The van der Waals surface area contributed by atoms with E-state index in [1.807, 2.05) is 21.1 Å². The zero-order valence-corrected chi connectivity index (χ0v) is 52.1. The van der Waals surface area contributed by atoms with Crippen molar-refractivity contribution in [3.05, 3.63) is 48.6 Å². The number of carbonyl (C=O) groups excluding carboxylic acids is 1. The van der Waals surface area contributed by atoms with Crippen LogP contribution >= 0.6 is 7.82 Å². The molecule has 0 aromatic carbocycles. The molecule has 0 saturated carbocycles. The Balaban J connectivity index is 4.05. The van der Waals surface area contributed by atoms with Crippen LogP contribution in [0.5, 0.6) is 0 Å². The maximum atomic E-state index is 13.0. The molecule has 0 fully saturated rings. The maximum absolute atomic E-state index is 13.0. The molecule has 1 amide bonds. The first-order chi connectivity index (χ1) is 37.0. The van der Waals surface area contributed by atoms with Crippen molar-refractivity contribution in [1.82, 2.24) is 5.32 Å². The molecule has 3 atom stereocenters. The van der Waals surface area contributed by atoms with Crippen LogP contribution in [-0.2, 0) is 18.4 Å². The zero-order chi connectivity index (χ0) is 55.6. The van der Waals surface area contributed by atoms with Gasteiger partial charge in [-0.25, -0.2) is 0 Å². The number of quaternary nitrogens is 1. The van der Waals surface area contributed by atoms with Gasteiger partial charge < -0.3 is 28.8 Å². The summed E-state index contributed by atoms with van der Waals surface area (Å²) in [5, 5.41) is 14.1. The van der Waals surface area contributed by atoms with E-state index in [4.69, 9.17) is 9.05 Å². The van der Waals surface area contributed by atoms with Crippen LogP contribution < -0.4 is 10.2 Å². The molecule has 0 saturated heterocycles. The minimum absolute atomic E-state index is 0.0107. The zero-order valence-electron chi connectivity index (χ0n) is 51.2. The predicted octanol–water partition coefficient (Wildman–Crippen LogP) is 20.0. The van der Waals surface area contributed by atoms with Gasteiger partial charge in [-0.05, 0) is 51.4 Å². The van der Waals surface area contributed by atoms with Crippen molar-refractivity contribution >= 4 is 13.7 Å². The summed E-state index contributed by atoms with van der Waals surface area (Å²) >= 11 is 0. The van der Waals surface area contributed by atoms with Gasteiger partial charge in [0.2, 0.25) is 5.91 Å². The van der Waals surface area contributed by atoms with E-state index in [0.717, 1.165) is 64.2 Å². The highest BCUT2D eigenvalue weighted by Crippen LogP contribution is 2.38. The first kappa shape index (κ1) is 74.5. The summed E-state index contributed by atoms with van der Waals surface area (Å²) in [6.45, 7) is 4.65. The smallest absolute Gasteiger partial charge is 0.268 e. The Kier molecular flexibility index (Phi) is 56.9. The number of nitrogens with zero attached hydrogens (tertiary/aromatic N) is 1. The fourth-order valence-corrected chi connectivity index (χ4v) is 10.7. The molecular weight excluding hydrogens is 960 g/mol. The molecular formula is C67H129N2O6P. The van der Waals surface area contributed by atoms with Gasteiger partial charge in [-0.2, -0.15) is 0 Å². The number of amides is 1. The molecule has 0 rings (SSSR count). The summed E-state index contributed by atoms with van der Waals surface area (Å²) in [5.41, 5.74) is 0. The van der Waals surface area contributed by atoms with E-state index in [1.165, 1.54) is 231 Å². The lowest BCUT2D eigenvalue weighted by Gasteiger charge is -2.30. The van der Waals surface area contributed by atoms with Crippen molar-refractivity contribution in [2.45, 2.75) is 334 Å². The number of carbonyl (C=O) groups is 1. The number of phosphoric acid groups is 1. The second-order valence-corrected chi connectivity index (χ2v) is 25.2. The summed E-state index contributed by atoms with van der Waals surface area (Å²) in [5.74, 6) is -0.166. The monoisotopic (exact) mass is 1090 g/mol. The third-order valence-electron chi connectivity index (χ3n) is 15.1. The Hall–Kier alpha value is -1.54. The third-order valence-corrected chi connectivity index (χ3v) is 16.0. The Morgan fingerprint density at radius 1 is 0.474 bits per heavy atom. The van der Waals surface area contributed by atoms with Gasteiger partial charge in [0.05, 0.1) is 39.9 Å². The normalized spacial score (nSPS) is 14.0. The van der Waals surface area contributed by atoms with Gasteiger partial charge in [0.15, 0.2) is 0 Å². The van der Waals surface area contributed by atoms with E-state index in [2.05, 4.69) is 67.8 Å². The standard InChI is InChI=1S/C67H129N2O6P/c1-6-8-10-12-14-16-18-20-22-24-26-28-30-31-32-33-34-35-36-37-39-40-42-44-46-48-50-52-54-56-58-60-66(70)65(64-75-76(72,73)74-63-62-69(3,4)5)68-67(71)61-59-57-55-53-51-49-47-45-43-41-38-29-27-25-23-21-19-17-15-13-11-9-7-2/h9,11,15,17,21,23,27,29,65-66,70H,6-8,10,12-14,16,18-20,22,24-26,28,30-64H2,1-5H3,(H-,68,71,72,73)/b11-9-,17-15-,23-21-,29-27-. The van der Waals surface area contributed by atoms with Crippen LogP contribution in [-0.4, -0.2) is 68.5 Å². The molecule has 448 valence electrons. The largest absolute Gasteiger partial charge is 0.756 e. The third kappa shape index (κ3) is 60.1. The quantitative estimate of drug-likeness (QED) is 0.0272. The minimum atomic E-state index is -4.58. The summed E-state index contributed by atoms with van der Waals surface area (Å²) in [6, 6.07) is -0.806. The number of likely N-dealkylation sites (N-methyl/N-ethyl adjacent to an activating group) is 1. The van der Waals surface area contributed by atoms with Crippen LogP contribution in [0.2, 0.25) is 0 Å². The average molecular weight is 1090 g/mol. The fraction of sp³-hybridized carbons (Fsp3) is 0.866. The SMILES string of the molecule is CC/C=C\C/C=C\C/C=C\C/C=C\CCCCCCCCCCCCC(=O)NC(COP(=O)([O-])OCC[N+](C)(C)C)C(O)CCCCCCCCCCCCCCCCCCCCCCCCCCCCCCCCC. The Morgan fingerprint density at radius 3 is 1.17 bits per heavy atom. The lowest BCUT2D eigenvalue weighted by Crippen LogP contribution is -2.46. The van der Waals surface area contributed by atoms with Crippen LogP contribution in [0.25, 0.3) is 0 Å². The molecule has 8 nitrogen and oxygen atoms in total. The number of aliphatic hydroxyl groups is 1. The van der Waals surface area contributed by atoms with Gasteiger partial charge in [0, 0.05) is 6.42 Å². The van der Waals surface area contributed by atoms with Crippen molar-refractivity contribution in [3.63, 3.8) is 0 Å². The Morgan fingerprint density at radius 2 is 0.803 bits per heavy atom. The molecule has 0 aliphatic carbocycles. The number of rotatable bonds is 61. The van der Waals surface area contributed by atoms with Crippen molar-refractivity contribution in [1.29, 1.82) is 0 Å². The minimum Gasteiger partial charge on any atom is -0.756 e. The van der Waals surface area contributed by atoms with E-state index < -0.39 is 20.0 Å². The van der Waals surface area contributed by atoms with Crippen LogP contribution in [0.1, 0.15) is 322 Å².